The molecular formula is C11H18ClN3O. The highest BCUT2D eigenvalue weighted by Gasteiger charge is 2.10. The van der Waals surface area contributed by atoms with Gasteiger partial charge in [-0.3, -0.25) is 4.79 Å². The van der Waals surface area contributed by atoms with Crippen LogP contribution in [0.25, 0.3) is 0 Å². The van der Waals surface area contributed by atoms with E-state index in [2.05, 4.69) is 24.3 Å². The molecule has 1 heterocycles. The second-order valence-corrected chi connectivity index (χ2v) is 4.87. The molecule has 0 atom stereocenters. The predicted molar refractivity (Wildman–Crippen MR) is 67.2 cm³/mol. The van der Waals surface area contributed by atoms with E-state index in [9.17, 15) is 4.79 Å². The number of nitrogens with zero attached hydrogens (tertiary/aromatic N) is 2. The maximum atomic E-state index is 11.8. The fourth-order valence-electron chi connectivity index (χ4n) is 1.25. The lowest BCUT2D eigenvalue weighted by molar-refractivity contribution is 0.503. The first-order valence-corrected chi connectivity index (χ1v) is 5.82. The van der Waals surface area contributed by atoms with Crippen LogP contribution in [0.1, 0.15) is 33.7 Å². The summed E-state index contributed by atoms with van der Waals surface area (Å²) < 4.78 is 1.38. The van der Waals surface area contributed by atoms with E-state index < -0.39 is 0 Å². The van der Waals surface area contributed by atoms with E-state index in [0.717, 1.165) is 6.54 Å². The van der Waals surface area contributed by atoms with Gasteiger partial charge in [-0.05, 0) is 19.8 Å². The molecule has 0 fully saturated rings. The van der Waals surface area contributed by atoms with Crippen molar-refractivity contribution in [3.63, 3.8) is 0 Å². The van der Waals surface area contributed by atoms with Gasteiger partial charge in [0.1, 0.15) is 5.02 Å². The monoisotopic (exact) mass is 243 g/mol. The summed E-state index contributed by atoms with van der Waals surface area (Å²) in [6, 6.07) is 0.0177. The number of hydrogen-bond acceptors (Lipinski definition) is 3. The van der Waals surface area contributed by atoms with E-state index in [1.54, 1.807) is 6.20 Å². The molecule has 0 aliphatic heterocycles. The first kappa shape index (κ1) is 13.0. The summed E-state index contributed by atoms with van der Waals surface area (Å²) in [5.41, 5.74) is 0.364. The Hall–Kier alpha value is -1.03. The van der Waals surface area contributed by atoms with Gasteiger partial charge in [0.15, 0.2) is 0 Å². The lowest BCUT2D eigenvalue weighted by Gasteiger charge is -2.13. The molecule has 0 bridgehead atoms. The molecule has 1 aromatic heterocycles. The summed E-state index contributed by atoms with van der Waals surface area (Å²) in [7, 11) is 0. The Labute approximate surface area is 101 Å². The lowest BCUT2D eigenvalue weighted by Crippen LogP contribution is -2.26. The van der Waals surface area contributed by atoms with Gasteiger partial charge in [0.05, 0.1) is 17.9 Å². The number of aromatic nitrogens is 2. The van der Waals surface area contributed by atoms with E-state index in [4.69, 9.17) is 11.6 Å². The van der Waals surface area contributed by atoms with Crippen molar-refractivity contribution < 1.29 is 0 Å². The Morgan fingerprint density at radius 2 is 2.06 bits per heavy atom. The highest BCUT2D eigenvalue weighted by Crippen LogP contribution is 2.16. The second-order valence-electron chi connectivity index (χ2n) is 4.49. The van der Waals surface area contributed by atoms with Crippen molar-refractivity contribution in [2.45, 2.75) is 33.7 Å². The SMILES string of the molecule is CC(C)CNc1cnn(C(C)C)c(=O)c1Cl. The number of rotatable bonds is 4. The maximum absolute atomic E-state index is 11.8. The molecule has 0 saturated heterocycles. The summed E-state index contributed by atoms with van der Waals surface area (Å²) in [4.78, 5) is 11.8. The van der Waals surface area contributed by atoms with Crippen LogP contribution in [0.5, 0.6) is 0 Å². The molecular weight excluding hydrogens is 226 g/mol. The van der Waals surface area contributed by atoms with Crippen LogP contribution < -0.4 is 10.9 Å². The highest BCUT2D eigenvalue weighted by atomic mass is 35.5. The van der Waals surface area contributed by atoms with E-state index in [1.807, 2.05) is 13.8 Å². The van der Waals surface area contributed by atoms with Crippen LogP contribution in [0.2, 0.25) is 5.02 Å². The van der Waals surface area contributed by atoms with Crippen molar-refractivity contribution in [2.75, 3.05) is 11.9 Å². The summed E-state index contributed by atoms with van der Waals surface area (Å²) in [6.07, 6.45) is 1.60. The van der Waals surface area contributed by atoms with Crippen molar-refractivity contribution in [2.24, 2.45) is 5.92 Å². The molecule has 0 spiro atoms. The lowest BCUT2D eigenvalue weighted by atomic mass is 10.2. The van der Waals surface area contributed by atoms with Crippen molar-refractivity contribution in [3.05, 3.63) is 21.6 Å². The highest BCUT2D eigenvalue weighted by molar-refractivity contribution is 6.32. The average molecular weight is 244 g/mol. The third-order valence-electron chi connectivity index (χ3n) is 2.13. The number of halogens is 1. The van der Waals surface area contributed by atoms with Gasteiger partial charge in [-0.15, -0.1) is 0 Å². The molecule has 1 N–H and O–H groups in total. The minimum absolute atomic E-state index is 0.0177. The maximum Gasteiger partial charge on any atom is 0.287 e. The van der Waals surface area contributed by atoms with E-state index >= 15 is 0 Å². The first-order chi connectivity index (χ1) is 7.43. The van der Waals surface area contributed by atoms with E-state index in [1.165, 1.54) is 4.68 Å². The van der Waals surface area contributed by atoms with Crippen LogP contribution in [0.3, 0.4) is 0 Å². The van der Waals surface area contributed by atoms with Crippen molar-refractivity contribution in [1.82, 2.24) is 9.78 Å². The zero-order valence-corrected chi connectivity index (χ0v) is 10.9. The van der Waals surface area contributed by atoms with Crippen LogP contribution in [0, 0.1) is 5.92 Å². The fraction of sp³-hybridized carbons (Fsp3) is 0.636. The quantitative estimate of drug-likeness (QED) is 0.884. The third-order valence-corrected chi connectivity index (χ3v) is 2.50. The molecule has 4 nitrogen and oxygen atoms in total. The molecule has 1 aromatic rings. The predicted octanol–water partition coefficient (Wildman–Crippen LogP) is 2.55. The van der Waals surface area contributed by atoms with Crippen molar-refractivity contribution >= 4 is 17.3 Å². The number of nitrogens with one attached hydrogen (secondary N) is 1. The largest absolute Gasteiger partial charge is 0.382 e. The van der Waals surface area contributed by atoms with Crippen LogP contribution in [-0.2, 0) is 0 Å². The van der Waals surface area contributed by atoms with Gasteiger partial charge in [0.25, 0.3) is 5.56 Å². The Kier molecular flexibility index (Phi) is 4.35. The molecule has 0 aliphatic rings. The van der Waals surface area contributed by atoms with Crippen molar-refractivity contribution in [3.8, 4) is 0 Å². The van der Waals surface area contributed by atoms with E-state index in [0.29, 0.717) is 11.6 Å². The first-order valence-electron chi connectivity index (χ1n) is 5.44. The molecule has 16 heavy (non-hydrogen) atoms. The van der Waals surface area contributed by atoms with Crippen molar-refractivity contribution in [1.29, 1.82) is 0 Å². The zero-order valence-electron chi connectivity index (χ0n) is 10.1. The standard InChI is InChI=1S/C11H18ClN3O/c1-7(2)5-13-9-6-14-15(8(3)4)11(16)10(9)12/h6-8,13H,5H2,1-4H3. The van der Waals surface area contributed by atoms with Gasteiger partial charge in [-0.25, -0.2) is 4.68 Å². The average Bonchev–Trinajstić information content (AvgIpc) is 2.19. The summed E-state index contributed by atoms with van der Waals surface area (Å²) >= 11 is 5.99. The van der Waals surface area contributed by atoms with Gasteiger partial charge < -0.3 is 5.32 Å². The smallest absolute Gasteiger partial charge is 0.287 e. The molecule has 5 heteroatoms. The number of hydrogen-bond donors (Lipinski definition) is 1. The summed E-state index contributed by atoms with van der Waals surface area (Å²) in [6.45, 7) is 8.73. The van der Waals surface area contributed by atoms with Gasteiger partial charge in [-0.1, -0.05) is 25.4 Å². The van der Waals surface area contributed by atoms with Gasteiger partial charge in [0.2, 0.25) is 0 Å². The Bertz CT molecular complexity index is 412. The summed E-state index contributed by atoms with van der Waals surface area (Å²) in [5.74, 6) is 0.489. The van der Waals surface area contributed by atoms with Gasteiger partial charge in [0, 0.05) is 6.54 Å². The van der Waals surface area contributed by atoms with Gasteiger partial charge in [-0.2, -0.15) is 5.10 Å². The normalized spacial score (nSPS) is 11.2. The molecule has 90 valence electrons. The molecule has 0 aliphatic carbocycles. The molecule has 0 unspecified atom stereocenters. The molecule has 0 amide bonds. The van der Waals surface area contributed by atoms with Crippen LogP contribution in [-0.4, -0.2) is 16.3 Å². The minimum Gasteiger partial charge on any atom is -0.382 e. The zero-order chi connectivity index (χ0) is 12.3. The summed E-state index contributed by atoms with van der Waals surface area (Å²) in [5, 5.41) is 7.40. The number of anilines is 1. The third kappa shape index (κ3) is 2.98. The second kappa shape index (κ2) is 5.34. The van der Waals surface area contributed by atoms with Gasteiger partial charge >= 0.3 is 0 Å². The molecule has 1 rings (SSSR count). The van der Waals surface area contributed by atoms with Crippen LogP contribution >= 0.6 is 11.6 Å². The van der Waals surface area contributed by atoms with E-state index in [-0.39, 0.29) is 16.6 Å². The Balaban J connectivity index is 2.98. The fourth-order valence-corrected chi connectivity index (χ4v) is 1.45. The molecule has 0 saturated carbocycles. The Morgan fingerprint density at radius 1 is 1.44 bits per heavy atom. The minimum atomic E-state index is -0.245. The van der Waals surface area contributed by atoms with Crippen LogP contribution in [0.4, 0.5) is 5.69 Å². The molecule has 0 radical (unpaired) electrons. The van der Waals surface area contributed by atoms with Crippen LogP contribution in [0.15, 0.2) is 11.0 Å². The topological polar surface area (TPSA) is 46.9 Å². The molecule has 0 aromatic carbocycles. The Morgan fingerprint density at radius 3 is 2.56 bits per heavy atom.